The minimum absolute atomic E-state index is 0.201. The molecule has 2 aromatic carbocycles. The molecule has 0 atom stereocenters. The molecule has 1 amide bonds. The number of hydrogen-bond acceptors (Lipinski definition) is 4. The van der Waals surface area contributed by atoms with Gasteiger partial charge < -0.3 is 19.5 Å². The highest BCUT2D eigenvalue weighted by Gasteiger charge is 2.18. The number of amides is 1. The summed E-state index contributed by atoms with van der Waals surface area (Å²) < 4.78 is 16.9. The van der Waals surface area contributed by atoms with Gasteiger partial charge in [0.1, 0.15) is 0 Å². The van der Waals surface area contributed by atoms with Crippen molar-refractivity contribution in [3.8, 4) is 29.1 Å². The summed E-state index contributed by atoms with van der Waals surface area (Å²) in [6.45, 7) is 7.17. The maximum Gasteiger partial charge on any atom is 0.252 e. The van der Waals surface area contributed by atoms with E-state index in [1.165, 1.54) is 0 Å². The third-order valence-corrected chi connectivity index (χ3v) is 3.80. The zero-order valence-corrected chi connectivity index (χ0v) is 17.1. The maximum absolute atomic E-state index is 12.5. The largest absolute Gasteiger partial charge is 0.490 e. The molecule has 0 bridgehead atoms. The summed E-state index contributed by atoms with van der Waals surface area (Å²) in [5.41, 5.74) is 1.21. The van der Waals surface area contributed by atoms with Crippen molar-refractivity contribution in [3.63, 3.8) is 0 Å². The molecule has 2 rings (SSSR count). The van der Waals surface area contributed by atoms with Gasteiger partial charge in [-0.1, -0.05) is 29.5 Å². The molecular weight excluding hydrogens is 378 g/mol. The second kappa shape index (κ2) is 11.1. The van der Waals surface area contributed by atoms with Crippen molar-refractivity contribution in [3.05, 3.63) is 52.5 Å². The standard InChI is InChI=1S/C22H24ClNO4/c1-4-26-19-14-17(15-20(27-5-2)21(19)28-6-3)22(25)24-12-8-10-16-9-7-11-18(23)13-16/h7,9,11,13-15H,4-6,12H2,1-3H3,(H,24,25). The molecule has 0 fully saturated rings. The van der Waals surface area contributed by atoms with Crippen molar-refractivity contribution in [1.29, 1.82) is 0 Å². The summed E-state index contributed by atoms with van der Waals surface area (Å²) in [4.78, 5) is 12.5. The minimum Gasteiger partial charge on any atom is -0.490 e. The third kappa shape index (κ3) is 6.11. The molecule has 2 aromatic rings. The van der Waals surface area contributed by atoms with E-state index in [1.807, 2.05) is 32.9 Å². The second-order valence-corrected chi connectivity index (χ2v) is 6.03. The number of ether oxygens (including phenoxy) is 3. The monoisotopic (exact) mass is 401 g/mol. The Balaban J connectivity index is 2.15. The summed E-state index contributed by atoms with van der Waals surface area (Å²) in [5, 5.41) is 3.40. The average molecular weight is 402 g/mol. The Labute approximate surface area is 170 Å². The Hall–Kier alpha value is -2.84. The van der Waals surface area contributed by atoms with Crippen molar-refractivity contribution in [1.82, 2.24) is 5.32 Å². The Morgan fingerprint density at radius 3 is 2.21 bits per heavy atom. The Morgan fingerprint density at radius 1 is 1.00 bits per heavy atom. The van der Waals surface area contributed by atoms with Crippen LogP contribution in [-0.2, 0) is 0 Å². The lowest BCUT2D eigenvalue weighted by molar-refractivity contribution is 0.0957. The van der Waals surface area contributed by atoms with Crippen LogP contribution in [-0.4, -0.2) is 32.3 Å². The molecular formula is C22H24ClNO4. The van der Waals surface area contributed by atoms with Gasteiger partial charge in [0.2, 0.25) is 5.75 Å². The number of carbonyl (C=O) groups excluding carboxylic acids is 1. The van der Waals surface area contributed by atoms with Crippen LogP contribution in [0.1, 0.15) is 36.7 Å². The second-order valence-electron chi connectivity index (χ2n) is 5.60. The summed E-state index contributed by atoms with van der Waals surface area (Å²) in [7, 11) is 0. The van der Waals surface area contributed by atoms with E-state index in [2.05, 4.69) is 17.2 Å². The number of hydrogen-bond donors (Lipinski definition) is 1. The summed E-state index contributed by atoms with van der Waals surface area (Å²) in [5.74, 6) is 7.06. The van der Waals surface area contributed by atoms with E-state index in [0.29, 0.717) is 47.7 Å². The maximum atomic E-state index is 12.5. The van der Waals surface area contributed by atoms with Crippen LogP contribution in [0.25, 0.3) is 0 Å². The SMILES string of the molecule is CCOc1cc(C(=O)NCC#Cc2cccc(Cl)c2)cc(OCC)c1OCC. The smallest absolute Gasteiger partial charge is 0.252 e. The van der Waals surface area contributed by atoms with Crippen LogP contribution in [0.15, 0.2) is 36.4 Å². The van der Waals surface area contributed by atoms with E-state index in [9.17, 15) is 4.79 Å². The molecule has 0 unspecified atom stereocenters. The Kier molecular flexibility index (Phi) is 8.51. The number of rotatable bonds is 8. The van der Waals surface area contributed by atoms with Crippen LogP contribution in [0.3, 0.4) is 0 Å². The van der Waals surface area contributed by atoms with E-state index in [0.717, 1.165) is 5.56 Å². The summed E-state index contributed by atoms with van der Waals surface area (Å²) in [6.07, 6.45) is 0. The highest BCUT2D eigenvalue weighted by molar-refractivity contribution is 6.30. The van der Waals surface area contributed by atoms with Gasteiger partial charge in [0.25, 0.3) is 5.91 Å². The molecule has 0 aromatic heterocycles. The first-order valence-corrected chi connectivity index (χ1v) is 9.55. The Morgan fingerprint density at radius 2 is 1.64 bits per heavy atom. The number of benzene rings is 2. The van der Waals surface area contributed by atoms with Gasteiger partial charge >= 0.3 is 0 Å². The normalized spacial score (nSPS) is 9.86. The molecule has 5 nitrogen and oxygen atoms in total. The highest BCUT2D eigenvalue weighted by Crippen LogP contribution is 2.39. The van der Waals surface area contributed by atoms with Gasteiger partial charge in [0.05, 0.1) is 26.4 Å². The predicted molar refractivity (Wildman–Crippen MR) is 111 cm³/mol. The average Bonchev–Trinajstić information content (AvgIpc) is 2.68. The van der Waals surface area contributed by atoms with Crippen LogP contribution < -0.4 is 19.5 Å². The van der Waals surface area contributed by atoms with E-state index in [4.69, 9.17) is 25.8 Å². The fourth-order valence-electron chi connectivity index (χ4n) is 2.46. The molecule has 0 spiro atoms. The first-order chi connectivity index (χ1) is 13.6. The molecule has 148 valence electrons. The quantitative estimate of drug-likeness (QED) is 0.669. The topological polar surface area (TPSA) is 56.8 Å². The van der Waals surface area contributed by atoms with Gasteiger partial charge in [-0.25, -0.2) is 0 Å². The Bertz CT molecular complexity index is 843. The molecule has 0 saturated heterocycles. The molecule has 1 N–H and O–H groups in total. The zero-order valence-electron chi connectivity index (χ0n) is 16.3. The van der Waals surface area contributed by atoms with Crippen LogP contribution in [0, 0.1) is 11.8 Å². The van der Waals surface area contributed by atoms with Crippen LogP contribution >= 0.6 is 11.6 Å². The number of halogens is 1. The van der Waals surface area contributed by atoms with Crippen molar-refractivity contribution < 1.29 is 19.0 Å². The van der Waals surface area contributed by atoms with E-state index in [1.54, 1.807) is 24.3 Å². The summed E-state index contributed by atoms with van der Waals surface area (Å²) >= 11 is 5.93. The van der Waals surface area contributed by atoms with Crippen LogP contribution in [0.2, 0.25) is 5.02 Å². The van der Waals surface area contributed by atoms with Crippen LogP contribution in [0.5, 0.6) is 17.2 Å². The fraction of sp³-hybridized carbons (Fsp3) is 0.318. The van der Waals surface area contributed by atoms with E-state index in [-0.39, 0.29) is 12.5 Å². The van der Waals surface area contributed by atoms with Crippen molar-refractivity contribution in [2.75, 3.05) is 26.4 Å². The lowest BCUT2D eigenvalue weighted by Gasteiger charge is -2.16. The molecule has 0 saturated carbocycles. The molecule has 0 aliphatic carbocycles. The van der Waals surface area contributed by atoms with Gasteiger partial charge in [-0.2, -0.15) is 0 Å². The first kappa shape index (κ1) is 21.5. The molecule has 0 aliphatic rings. The van der Waals surface area contributed by atoms with Gasteiger partial charge in [-0.05, 0) is 51.1 Å². The molecule has 0 radical (unpaired) electrons. The van der Waals surface area contributed by atoms with E-state index >= 15 is 0 Å². The lowest BCUT2D eigenvalue weighted by Crippen LogP contribution is -2.23. The van der Waals surface area contributed by atoms with Crippen molar-refractivity contribution >= 4 is 17.5 Å². The molecule has 0 heterocycles. The van der Waals surface area contributed by atoms with Crippen molar-refractivity contribution in [2.24, 2.45) is 0 Å². The summed E-state index contributed by atoms with van der Waals surface area (Å²) in [6, 6.07) is 10.5. The van der Waals surface area contributed by atoms with Crippen molar-refractivity contribution in [2.45, 2.75) is 20.8 Å². The fourth-order valence-corrected chi connectivity index (χ4v) is 2.65. The molecule has 0 aliphatic heterocycles. The van der Waals surface area contributed by atoms with E-state index < -0.39 is 0 Å². The molecule has 6 heteroatoms. The minimum atomic E-state index is -0.273. The molecule has 28 heavy (non-hydrogen) atoms. The van der Waals surface area contributed by atoms with Gasteiger partial charge in [-0.15, -0.1) is 0 Å². The van der Waals surface area contributed by atoms with Crippen LogP contribution in [0.4, 0.5) is 0 Å². The zero-order chi connectivity index (χ0) is 20.4. The first-order valence-electron chi connectivity index (χ1n) is 9.18. The lowest BCUT2D eigenvalue weighted by atomic mass is 10.1. The third-order valence-electron chi connectivity index (χ3n) is 3.57. The number of nitrogens with one attached hydrogen (secondary N) is 1. The number of carbonyl (C=O) groups is 1. The highest BCUT2D eigenvalue weighted by atomic mass is 35.5. The van der Waals surface area contributed by atoms with Gasteiger partial charge in [0, 0.05) is 16.1 Å². The predicted octanol–water partition coefficient (Wildman–Crippen LogP) is 4.32. The van der Waals surface area contributed by atoms with Gasteiger partial charge in [-0.3, -0.25) is 4.79 Å². The van der Waals surface area contributed by atoms with Gasteiger partial charge in [0.15, 0.2) is 11.5 Å².